The molecule has 0 aliphatic carbocycles. The summed E-state index contributed by atoms with van der Waals surface area (Å²) in [5.74, 6) is 1.53. The molecule has 1 N–H and O–H groups in total. The van der Waals surface area contributed by atoms with Gasteiger partial charge in [0.2, 0.25) is 0 Å². The normalized spacial score (nSPS) is 29.2. The van der Waals surface area contributed by atoms with Crippen molar-refractivity contribution in [2.75, 3.05) is 13.1 Å². The Kier molecular flexibility index (Phi) is 5.26. The summed E-state index contributed by atoms with van der Waals surface area (Å²) in [6.45, 7) is 16.4. The molecule has 1 aliphatic rings. The predicted octanol–water partition coefficient (Wildman–Crippen LogP) is 2.74. The highest BCUT2D eigenvalue weighted by molar-refractivity contribution is 4.90. The van der Waals surface area contributed by atoms with Gasteiger partial charge in [-0.15, -0.1) is 0 Å². The van der Waals surface area contributed by atoms with Gasteiger partial charge < -0.3 is 5.32 Å². The van der Waals surface area contributed by atoms with E-state index in [9.17, 15) is 0 Å². The molecule has 3 unspecified atom stereocenters. The van der Waals surface area contributed by atoms with Crippen molar-refractivity contribution in [2.45, 2.75) is 66.1 Å². The molecule has 1 heterocycles. The first kappa shape index (κ1) is 14.0. The summed E-state index contributed by atoms with van der Waals surface area (Å²) in [6.07, 6.45) is 1.24. The molecule has 16 heavy (non-hydrogen) atoms. The summed E-state index contributed by atoms with van der Waals surface area (Å²) in [7, 11) is 0. The van der Waals surface area contributed by atoms with Crippen LogP contribution in [0.3, 0.4) is 0 Å². The molecular weight excluding hydrogens is 196 g/mol. The first-order chi connectivity index (χ1) is 7.45. The fourth-order valence-corrected chi connectivity index (χ4v) is 2.70. The van der Waals surface area contributed by atoms with Gasteiger partial charge in [0.15, 0.2) is 0 Å². The fourth-order valence-electron chi connectivity index (χ4n) is 2.70. The van der Waals surface area contributed by atoms with Crippen LogP contribution in [0.15, 0.2) is 0 Å². The molecule has 0 saturated carbocycles. The quantitative estimate of drug-likeness (QED) is 0.775. The molecule has 96 valence electrons. The van der Waals surface area contributed by atoms with Gasteiger partial charge >= 0.3 is 0 Å². The smallest absolute Gasteiger partial charge is 0.0235 e. The summed E-state index contributed by atoms with van der Waals surface area (Å²) in [4.78, 5) is 2.59. The second-order valence-electron chi connectivity index (χ2n) is 6.06. The van der Waals surface area contributed by atoms with Crippen molar-refractivity contribution in [3.63, 3.8) is 0 Å². The minimum atomic E-state index is 0.680. The van der Waals surface area contributed by atoms with Crippen molar-refractivity contribution >= 4 is 0 Å². The summed E-state index contributed by atoms with van der Waals surface area (Å²) in [5.41, 5.74) is 0. The van der Waals surface area contributed by atoms with E-state index in [4.69, 9.17) is 0 Å². The Bertz CT molecular complexity index is 201. The molecule has 0 bridgehead atoms. The van der Waals surface area contributed by atoms with E-state index in [-0.39, 0.29) is 0 Å². The molecule has 1 saturated heterocycles. The van der Waals surface area contributed by atoms with Crippen molar-refractivity contribution in [3.8, 4) is 0 Å². The summed E-state index contributed by atoms with van der Waals surface area (Å²) < 4.78 is 0. The lowest BCUT2D eigenvalue weighted by Crippen LogP contribution is -2.45. The lowest BCUT2D eigenvalue weighted by atomic mass is 9.98. The predicted molar refractivity (Wildman–Crippen MR) is 71.7 cm³/mol. The van der Waals surface area contributed by atoms with Crippen molar-refractivity contribution in [2.24, 2.45) is 11.8 Å². The van der Waals surface area contributed by atoms with E-state index in [1.807, 2.05) is 0 Å². The first-order valence-corrected chi connectivity index (χ1v) is 6.95. The monoisotopic (exact) mass is 226 g/mol. The summed E-state index contributed by atoms with van der Waals surface area (Å²) >= 11 is 0. The Hall–Kier alpha value is -0.0800. The largest absolute Gasteiger partial charge is 0.309 e. The molecule has 1 rings (SSSR count). The minimum Gasteiger partial charge on any atom is -0.309 e. The Labute approximate surface area is 102 Å². The van der Waals surface area contributed by atoms with Crippen LogP contribution in [-0.2, 0) is 0 Å². The molecule has 0 radical (unpaired) electrons. The number of rotatable bonds is 5. The Balaban J connectivity index is 2.48. The van der Waals surface area contributed by atoms with Gasteiger partial charge in [0.1, 0.15) is 0 Å². The van der Waals surface area contributed by atoms with Crippen LogP contribution >= 0.6 is 0 Å². The van der Waals surface area contributed by atoms with Crippen LogP contribution in [-0.4, -0.2) is 36.1 Å². The maximum atomic E-state index is 3.86. The topological polar surface area (TPSA) is 15.3 Å². The third kappa shape index (κ3) is 3.46. The van der Waals surface area contributed by atoms with Gasteiger partial charge in [-0.1, -0.05) is 27.7 Å². The number of nitrogens with one attached hydrogen (secondary N) is 1. The van der Waals surface area contributed by atoms with Crippen LogP contribution < -0.4 is 5.32 Å². The highest BCUT2D eigenvalue weighted by atomic mass is 15.2. The zero-order chi connectivity index (χ0) is 12.3. The molecule has 0 aromatic rings. The van der Waals surface area contributed by atoms with Crippen LogP contribution in [0, 0.1) is 11.8 Å². The van der Waals surface area contributed by atoms with E-state index < -0.39 is 0 Å². The zero-order valence-corrected chi connectivity index (χ0v) is 12.0. The molecule has 1 fully saturated rings. The molecule has 0 spiro atoms. The maximum Gasteiger partial charge on any atom is 0.0235 e. The third-order valence-electron chi connectivity index (χ3n) is 4.04. The van der Waals surface area contributed by atoms with Crippen LogP contribution in [0.5, 0.6) is 0 Å². The van der Waals surface area contributed by atoms with E-state index in [0.717, 1.165) is 11.8 Å². The number of hydrogen-bond donors (Lipinski definition) is 1. The van der Waals surface area contributed by atoms with Crippen LogP contribution in [0.1, 0.15) is 48.0 Å². The highest BCUT2D eigenvalue weighted by Crippen LogP contribution is 2.20. The molecule has 3 atom stereocenters. The molecule has 0 aromatic heterocycles. The van der Waals surface area contributed by atoms with Gasteiger partial charge in [0, 0.05) is 31.2 Å². The van der Waals surface area contributed by atoms with Gasteiger partial charge in [0.05, 0.1) is 0 Å². The summed E-state index contributed by atoms with van der Waals surface area (Å²) in [6, 6.07) is 2.06. The number of nitrogens with zero attached hydrogens (tertiary/aromatic N) is 1. The van der Waals surface area contributed by atoms with Gasteiger partial charge in [0.25, 0.3) is 0 Å². The molecule has 0 amide bonds. The standard InChI is InChI=1S/C14H30N2/c1-7-13(10(2)3)15-14-9-16(11(4)5)8-12(14)6/h10-15H,7-9H2,1-6H3. The average Bonchev–Trinajstić information content (AvgIpc) is 2.56. The van der Waals surface area contributed by atoms with Crippen LogP contribution in [0.25, 0.3) is 0 Å². The Morgan fingerprint density at radius 3 is 2.19 bits per heavy atom. The zero-order valence-electron chi connectivity index (χ0n) is 12.0. The van der Waals surface area contributed by atoms with Gasteiger partial charge in [-0.2, -0.15) is 0 Å². The molecule has 2 nitrogen and oxygen atoms in total. The average molecular weight is 226 g/mol. The van der Waals surface area contributed by atoms with Gasteiger partial charge in [-0.25, -0.2) is 0 Å². The molecular formula is C14H30N2. The highest BCUT2D eigenvalue weighted by Gasteiger charge is 2.32. The lowest BCUT2D eigenvalue weighted by molar-refractivity contribution is 0.259. The second kappa shape index (κ2) is 6.02. The Morgan fingerprint density at radius 1 is 1.19 bits per heavy atom. The van der Waals surface area contributed by atoms with E-state index in [0.29, 0.717) is 18.1 Å². The van der Waals surface area contributed by atoms with Crippen LogP contribution in [0.4, 0.5) is 0 Å². The number of likely N-dealkylation sites (tertiary alicyclic amines) is 1. The molecule has 0 aromatic carbocycles. The maximum absolute atomic E-state index is 3.86. The molecule has 1 aliphatic heterocycles. The van der Waals surface area contributed by atoms with Crippen molar-refractivity contribution in [1.82, 2.24) is 10.2 Å². The van der Waals surface area contributed by atoms with E-state index in [1.165, 1.54) is 19.5 Å². The van der Waals surface area contributed by atoms with Gasteiger partial charge in [-0.05, 0) is 32.1 Å². The minimum absolute atomic E-state index is 0.680. The van der Waals surface area contributed by atoms with E-state index in [2.05, 4.69) is 51.8 Å². The van der Waals surface area contributed by atoms with Crippen LogP contribution in [0.2, 0.25) is 0 Å². The van der Waals surface area contributed by atoms with Crippen molar-refractivity contribution in [3.05, 3.63) is 0 Å². The van der Waals surface area contributed by atoms with Gasteiger partial charge in [-0.3, -0.25) is 4.90 Å². The van der Waals surface area contributed by atoms with E-state index >= 15 is 0 Å². The van der Waals surface area contributed by atoms with Crippen molar-refractivity contribution < 1.29 is 0 Å². The third-order valence-corrected chi connectivity index (χ3v) is 4.04. The molecule has 2 heteroatoms. The van der Waals surface area contributed by atoms with E-state index in [1.54, 1.807) is 0 Å². The SMILES string of the molecule is CCC(NC1CN(C(C)C)CC1C)C(C)C. The summed E-state index contributed by atoms with van der Waals surface area (Å²) in [5, 5.41) is 3.86. The first-order valence-electron chi connectivity index (χ1n) is 6.95. The fraction of sp³-hybridized carbons (Fsp3) is 1.00. The lowest BCUT2D eigenvalue weighted by Gasteiger charge is -2.27. The Morgan fingerprint density at radius 2 is 1.81 bits per heavy atom. The van der Waals surface area contributed by atoms with Crippen molar-refractivity contribution in [1.29, 1.82) is 0 Å². The number of hydrogen-bond acceptors (Lipinski definition) is 2. The second-order valence-corrected chi connectivity index (χ2v) is 6.06.